The summed E-state index contributed by atoms with van der Waals surface area (Å²) in [4.78, 5) is 0. The van der Waals surface area contributed by atoms with E-state index in [4.69, 9.17) is 4.74 Å². The molecule has 0 bridgehead atoms. The summed E-state index contributed by atoms with van der Waals surface area (Å²) in [6.07, 6.45) is 0.993. The molecule has 17 heavy (non-hydrogen) atoms. The highest BCUT2D eigenvalue weighted by molar-refractivity contribution is 5.36. The molecular weight excluding hydrogens is 210 g/mol. The van der Waals surface area contributed by atoms with E-state index in [1.54, 1.807) is 0 Å². The number of benzene rings is 1. The fraction of sp³-hybridized carbons (Fsp3) is 0.600. The summed E-state index contributed by atoms with van der Waals surface area (Å²) >= 11 is 0. The molecule has 1 unspecified atom stereocenters. The van der Waals surface area contributed by atoms with Gasteiger partial charge < -0.3 is 10.1 Å². The molecule has 0 aromatic heterocycles. The molecule has 2 nitrogen and oxygen atoms in total. The molecule has 0 aliphatic rings. The third kappa shape index (κ3) is 4.04. The van der Waals surface area contributed by atoms with Crippen LogP contribution >= 0.6 is 0 Å². The number of nitrogens with one attached hydrogen (secondary N) is 1. The maximum atomic E-state index is 6.20. The van der Waals surface area contributed by atoms with E-state index >= 15 is 0 Å². The topological polar surface area (TPSA) is 21.3 Å². The van der Waals surface area contributed by atoms with Crippen molar-refractivity contribution < 1.29 is 4.74 Å². The van der Waals surface area contributed by atoms with Gasteiger partial charge in [-0.05, 0) is 50.9 Å². The van der Waals surface area contributed by atoms with Crippen LogP contribution in [0, 0.1) is 13.8 Å². The number of hydrogen-bond acceptors (Lipinski definition) is 2. The molecule has 0 spiro atoms. The van der Waals surface area contributed by atoms with Gasteiger partial charge in [0.05, 0.1) is 0 Å². The molecule has 0 heterocycles. The van der Waals surface area contributed by atoms with Crippen molar-refractivity contribution in [3.63, 3.8) is 0 Å². The van der Waals surface area contributed by atoms with Crippen LogP contribution in [0.25, 0.3) is 0 Å². The molecule has 1 atom stereocenters. The van der Waals surface area contributed by atoms with Gasteiger partial charge in [0.15, 0.2) is 0 Å². The Morgan fingerprint density at radius 2 is 1.94 bits per heavy atom. The normalized spacial score (nSPS) is 14.4. The van der Waals surface area contributed by atoms with Crippen molar-refractivity contribution >= 4 is 0 Å². The second-order valence-electron chi connectivity index (χ2n) is 4.95. The highest BCUT2D eigenvalue weighted by Crippen LogP contribution is 2.25. The molecule has 2 heteroatoms. The van der Waals surface area contributed by atoms with E-state index in [-0.39, 0.29) is 5.60 Å². The van der Waals surface area contributed by atoms with Gasteiger partial charge in [0.25, 0.3) is 0 Å². The minimum absolute atomic E-state index is 0.130. The SMILES string of the molecule is CCNCC(C)(CC)Oc1cc(C)ccc1C. The third-order valence-corrected chi connectivity index (χ3v) is 3.20. The van der Waals surface area contributed by atoms with Crippen LogP contribution in [-0.4, -0.2) is 18.7 Å². The summed E-state index contributed by atoms with van der Waals surface area (Å²) in [6, 6.07) is 6.36. The lowest BCUT2D eigenvalue weighted by atomic mass is 10.0. The average Bonchev–Trinajstić information content (AvgIpc) is 2.31. The summed E-state index contributed by atoms with van der Waals surface area (Å²) in [6.45, 7) is 12.5. The zero-order chi connectivity index (χ0) is 12.9. The van der Waals surface area contributed by atoms with Gasteiger partial charge in [-0.1, -0.05) is 26.0 Å². The van der Waals surface area contributed by atoms with Gasteiger partial charge >= 0.3 is 0 Å². The van der Waals surface area contributed by atoms with Crippen molar-refractivity contribution in [2.45, 2.75) is 46.6 Å². The average molecular weight is 235 g/mol. The van der Waals surface area contributed by atoms with Crippen molar-refractivity contribution in [1.29, 1.82) is 0 Å². The van der Waals surface area contributed by atoms with E-state index in [1.165, 1.54) is 11.1 Å². The maximum absolute atomic E-state index is 6.20. The van der Waals surface area contributed by atoms with Gasteiger partial charge in [0, 0.05) is 6.54 Å². The predicted molar refractivity (Wildman–Crippen MR) is 73.8 cm³/mol. The lowest BCUT2D eigenvalue weighted by molar-refractivity contribution is 0.0833. The molecular formula is C15H25NO. The fourth-order valence-electron chi connectivity index (χ4n) is 1.71. The molecule has 0 aliphatic carbocycles. The number of likely N-dealkylation sites (N-methyl/N-ethyl adjacent to an activating group) is 1. The van der Waals surface area contributed by atoms with E-state index in [1.807, 2.05) is 0 Å². The molecule has 1 aromatic rings. The van der Waals surface area contributed by atoms with E-state index in [2.05, 4.69) is 58.1 Å². The Balaban J connectivity index is 2.82. The first-order chi connectivity index (χ1) is 8.00. The first-order valence-electron chi connectivity index (χ1n) is 6.47. The van der Waals surface area contributed by atoms with Crippen molar-refractivity contribution in [3.05, 3.63) is 29.3 Å². The maximum Gasteiger partial charge on any atom is 0.123 e. The standard InChI is InChI=1S/C15H25NO/c1-6-15(5,11-16-7-2)17-14-10-12(3)8-9-13(14)4/h8-10,16H,6-7,11H2,1-5H3. The summed E-state index contributed by atoms with van der Waals surface area (Å²) in [5.74, 6) is 1.01. The van der Waals surface area contributed by atoms with Crippen LogP contribution in [0.2, 0.25) is 0 Å². The minimum Gasteiger partial charge on any atom is -0.486 e. The number of aryl methyl sites for hydroxylation is 2. The fourth-order valence-corrected chi connectivity index (χ4v) is 1.71. The van der Waals surface area contributed by atoms with E-state index in [9.17, 15) is 0 Å². The van der Waals surface area contributed by atoms with E-state index in [0.29, 0.717) is 0 Å². The van der Waals surface area contributed by atoms with E-state index in [0.717, 1.165) is 25.3 Å². The smallest absolute Gasteiger partial charge is 0.123 e. The largest absolute Gasteiger partial charge is 0.486 e. The lowest BCUT2D eigenvalue weighted by Gasteiger charge is -2.30. The van der Waals surface area contributed by atoms with Crippen molar-refractivity contribution in [1.82, 2.24) is 5.32 Å². The first-order valence-corrected chi connectivity index (χ1v) is 6.47. The number of hydrogen-bond donors (Lipinski definition) is 1. The van der Waals surface area contributed by atoms with Crippen LogP contribution in [0.4, 0.5) is 0 Å². The van der Waals surface area contributed by atoms with Gasteiger partial charge in [-0.2, -0.15) is 0 Å². The van der Waals surface area contributed by atoms with Crippen molar-refractivity contribution in [3.8, 4) is 5.75 Å². The Kier molecular flexibility index (Phi) is 5.01. The summed E-state index contributed by atoms with van der Waals surface area (Å²) in [5.41, 5.74) is 2.31. The second kappa shape index (κ2) is 6.06. The molecule has 96 valence electrons. The van der Waals surface area contributed by atoms with Crippen LogP contribution in [0.3, 0.4) is 0 Å². The Labute approximate surface area is 105 Å². The molecule has 0 saturated carbocycles. The highest BCUT2D eigenvalue weighted by Gasteiger charge is 2.24. The third-order valence-electron chi connectivity index (χ3n) is 3.20. The van der Waals surface area contributed by atoms with Crippen LogP contribution in [0.15, 0.2) is 18.2 Å². The van der Waals surface area contributed by atoms with Gasteiger partial charge in [0.2, 0.25) is 0 Å². The summed E-state index contributed by atoms with van der Waals surface area (Å²) in [7, 11) is 0. The van der Waals surface area contributed by atoms with Crippen LogP contribution < -0.4 is 10.1 Å². The Morgan fingerprint density at radius 1 is 1.24 bits per heavy atom. The molecule has 1 aromatic carbocycles. The van der Waals surface area contributed by atoms with Gasteiger partial charge in [-0.25, -0.2) is 0 Å². The summed E-state index contributed by atoms with van der Waals surface area (Å²) < 4.78 is 6.20. The Hall–Kier alpha value is -1.02. The van der Waals surface area contributed by atoms with Gasteiger partial charge in [-0.15, -0.1) is 0 Å². The summed E-state index contributed by atoms with van der Waals surface area (Å²) in [5, 5.41) is 3.37. The van der Waals surface area contributed by atoms with Gasteiger partial charge in [-0.3, -0.25) is 0 Å². The minimum atomic E-state index is -0.130. The second-order valence-corrected chi connectivity index (χ2v) is 4.95. The Bertz CT molecular complexity index is 362. The molecule has 0 fully saturated rings. The zero-order valence-corrected chi connectivity index (χ0v) is 11.8. The highest BCUT2D eigenvalue weighted by atomic mass is 16.5. The van der Waals surface area contributed by atoms with Crippen LogP contribution in [0.1, 0.15) is 38.3 Å². The first kappa shape index (κ1) is 14.0. The molecule has 0 radical (unpaired) electrons. The van der Waals surface area contributed by atoms with Crippen molar-refractivity contribution in [2.24, 2.45) is 0 Å². The number of rotatable bonds is 6. The van der Waals surface area contributed by atoms with Crippen molar-refractivity contribution in [2.75, 3.05) is 13.1 Å². The molecule has 1 rings (SSSR count). The zero-order valence-electron chi connectivity index (χ0n) is 11.8. The van der Waals surface area contributed by atoms with Crippen LogP contribution in [-0.2, 0) is 0 Å². The quantitative estimate of drug-likeness (QED) is 0.815. The molecule has 1 N–H and O–H groups in total. The number of ether oxygens (including phenoxy) is 1. The van der Waals surface area contributed by atoms with Crippen LogP contribution in [0.5, 0.6) is 5.75 Å². The monoisotopic (exact) mass is 235 g/mol. The van der Waals surface area contributed by atoms with E-state index < -0.39 is 0 Å². The van der Waals surface area contributed by atoms with Gasteiger partial charge in [0.1, 0.15) is 11.4 Å². The molecule has 0 aliphatic heterocycles. The lowest BCUT2D eigenvalue weighted by Crippen LogP contribution is -2.42. The Morgan fingerprint density at radius 3 is 2.53 bits per heavy atom. The predicted octanol–water partition coefficient (Wildman–Crippen LogP) is 3.46. The molecule has 0 saturated heterocycles. The molecule has 0 amide bonds.